The van der Waals surface area contributed by atoms with Crippen LogP contribution in [-0.2, 0) is 10.8 Å². The van der Waals surface area contributed by atoms with Crippen LogP contribution in [0.5, 0.6) is 0 Å². The molecule has 0 unspecified atom stereocenters. The van der Waals surface area contributed by atoms with Gasteiger partial charge in [-0.1, -0.05) is 11.6 Å². The second kappa shape index (κ2) is 6.46. The highest BCUT2D eigenvalue weighted by molar-refractivity contribution is 7.86. The van der Waals surface area contributed by atoms with Crippen LogP contribution in [0.15, 0.2) is 18.2 Å². The van der Waals surface area contributed by atoms with Gasteiger partial charge in [0.15, 0.2) is 0 Å². The molecule has 7 heteroatoms. The van der Waals surface area contributed by atoms with Gasteiger partial charge in [-0.15, -0.1) is 0 Å². The summed E-state index contributed by atoms with van der Waals surface area (Å²) < 4.78 is 11.6. The predicted molar refractivity (Wildman–Crippen MR) is 93.5 cm³/mol. The maximum absolute atomic E-state index is 12.5. The summed E-state index contributed by atoms with van der Waals surface area (Å²) in [7, 11) is 2.92. The summed E-state index contributed by atoms with van der Waals surface area (Å²) in [4.78, 5) is 16.1. The number of halogens is 1. The Labute approximate surface area is 139 Å². The number of carbonyl (C=O) groups is 1. The van der Waals surface area contributed by atoms with Crippen LogP contribution in [0.25, 0.3) is 0 Å². The van der Waals surface area contributed by atoms with Gasteiger partial charge >= 0.3 is 6.03 Å². The normalized spacial score (nSPS) is 20.6. The molecule has 1 aromatic rings. The minimum Gasteiger partial charge on any atom is -0.376 e. The molecule has 1 heterocycles. The number of nitrogens with zero attached hydrogens (tertiary/aromatic N) is 2. The van der Waals surface area contributed by atoms with E-state index in [2.05, 4.69) is 5.32 Å². The average molecular weight is 344 g/mol. The molecule has 1 aliphatic rings. The Hall–Kier alpha value is -1.27. The van der Waals surface area contributed by atoms with Gasteiger partial charge in [0, 0.05) is 48.8 Å². The van der Waals surface area contributed by atoms with E-state index in [0.717, 1.165) is 5.69 Å². The molecule has 0 radical (unpaired) electrons. The predicted octanol–water partition coefficient (Wildman–Crippen LogP) is 2.78. The zero-order valence-electron chi connectivity index (χ0n) is 13.4. The first-order chi connectivity index (χ1) is 10.2. The van der Waals surface area contributed by atoms with Crippen molar-refractivity contribution in [1.82, 2.24) is 4.90 Å². The summed E-state index contributed by atoms with van der Waals surface area (Å²) >= 11 is 6.03. The Kier molecular flexibility index (Phi) is 5.02. The molecule has 1 saturated heterocycles. The Morgan fingerprint density at radius 1 is 1.41 bits per heavy atom. The van der Waals surface area contributed by atoms with Gasteiger partial charge in [-0.2, -0.15) is 0 Å². The van der Waals surface area contributed by atoms with Crippen molar-refractivity contribution in [2.45, 2.75) is 18.6 Å². The van der Waals surface area contributed by atoms with Gasteiger partial charge in [0.1, 0.15) is 0 Å². The zero-order chi connectivity index (χ0) is 16.5. The summed E-state index contributed by atoms with van der Waals surface area (Å²) in [5.41, 5.74) is 1.56. The Morgan fingerprint density at radius 3 is 2.68 bits per heavy atom. The Balaban J connectivity index is 2.16. The third-order valence-corrected chi connectivity index (χ3v) is 5.85. The van der Waals surface area contributed by atoms with E-state index in [1.54, 1.807) is 17.0 Å². The van der Waals surface area contributed by atoms with Gasteiger partial charge < -0.3 is 15.1 Å². The maximum atomic E-state index is 12.5. The number of carbonyl (C=O) groups excluding carboxylic acids is 1. The molecular weight excluding hydrogens is 322 g/mol. The lowest BCUT2D eigenvalue weighted by Gasteiger charge is -2.37. The van der Waals surface area contributed by atoms with E-state index in [9.17, 15) is 9.00 Å². The van der Waals surface area contributed by atoms with Crippen molar-refractivity contribution in [1.29, 1.82) is 0 Å². The van der Waals surface area contributed by atoms with Crippen LogP contribution in [0, 0.1) is 0 Å². The van der Waals surface area contributed by atoms with Crippen molar-refractivity contribution in [3.8, 4) is 0 Å². The fraction of sp³-hybridized carbons (Fsp3) is 0.533. The molecule has 0 saturated carbocycles. The van der Waals surface area contributed by atoms with Crippen molar-refractivity contribution in [3.63, 3.8) is 0 Å². The molecule has 1 N–H and O–H groups in total. The van der Waals surface area contributed by atoms with Crippen LogP contribution in [-0.4, -0.2) is 52.8 Å². The number of urea groups is 1. The molecule has 0 spiro atoms. The van der Waals surface area contributed by atoms with Gasteiger partial charge in [-0.3, -0.25) is 4.21 Å². The molecule has 2 rings (SSSR count). The number of hydrogen-bond acceptors (Lipinski definition) is 3. The van der Waals surface area contributed by atoms with Crippen molar-refractivity contribution >= 4 is 39.8 Å². The Morgan fingerprint density at radius 2 is 2.09 bits per heavy atom. The van der Waals surface area contributed by atoms with Crippen molar-refractivity contribution < 1.29 is 9.00 Å². The molecule has 22 heavy (non-hydrogen) atoms. The number of anilines is 2. The van der Waals surface area contributed by atoms with Crippen LogP contribution >= 0.6 is 11.6 Å². The number of hydrogen-bond donors (Lipinski definition) is 1. The van der Waals surface area contributed by atoms with Gasteiger partial charge in [-0.05, 0) is 32.0 Å². The van der Waals surface area contributed by atoms with E-state index in [0.29, 0.717) is 29.6 Å². The first-order valence-corrected chi connectivity index (χ1v) is 8.82. The second-order valence-corrected chi connectivity index (χ2v) is 8.86. The smallest absolute Gasteiger partial charge is 0.321 e. The molecule has 0 bridgehead atoms. The molecule has 122 valence electrons. The van der Waals surface area contributed by atoms with Crippen LogP contribution < -0.4 is 10.2 Å². The lowest BCUT2D eigenvalue weighted by Crippen LogP contribution is -2.53. The SMILES string of the molecule is CN(C)c1ccc(Cl)cc1NC(=O)N1CC[S@@](=O)C(C)(C)C1. The van der Waals surface area contributed by atoms with Crippen LogP contribution in [0.1, 0.15) is 13.8 Å². The van der Waals surface area contributed by atoms with E-state index >= 15 is 0 Å². The third kappa shape index (κ3) is 3.73. The number of nitrogens with one attached hydrogen (secondary N) is 1. The number of benzene rings is 1. The highest BCUT2D eigenvalue weighted by atomic mass is 35.5. The average Bonchev–Trinajstić information content (AvgIpc) is 2.41. The monoisotopic (exact) mass is 343 g/mol. The minimum absolute atomic E-state index is 0.185. The van der Waals surface area contributed by atoms with E-state index in [4.69, 9.17) is 11.6 Å². The van der Waals surface area contributed by atoms with E-state index in [1.165, 1.54) is 0 Å². The number of amides is 2. The molecule has 1 atom stereocenters. The standard InChI is InChI=1S/C15H22ClN3O2S/c1-15(2)10-19(7-8-22(15)21)14(20)17-12-9-11(16)5-6-13(12)18(3)4/h5-6,9H,7-8,10H2,1-4H3,(H,17,20)/t22-/m1/s1. The summed E-state index contributed by atoms with van der Waals surface area (Å²) in [6.07, 6.45) is 0. The topological polar surface area (TPSA) is 52.7 Å². The number of rotatable bonds is 2. The highest BCUT2D eigenvalue weighted by Gasteiger charge is 2.35. The summed E-state index contributed by atoms with van der Waals surface area (Å²) in [5, 5.41) is 3.49. The van der Waals surface area contributed by atoms with E-state index in [-0.39, 0.29) is 10.8 Å². The van der Waals surface area contributed by atoms with E-state index < -0.39 is 10.8 Å². The van der Waals surface area contributed by atoms with E-state index in [1.807, 2.05) is 38.9 Å². The maximum Gasteiger partial charge on any atom is 0.321 e. The first-order valence-electron chi connectivity index (χ1n) is 7.12. The molecule has 1 aromatic carbocycles. The molecule has 1 fully saturated rings. The first kappa shape index (κ1) is 17.1. The fourth-order valence-corrected chi connectivity index (χ4v) is 3.86. The minimum atomic E-state index is -0.901. The van der Waals surface area contributed by atoms with Crippen molar-refractivity contribution in [2.24, 2.45) is 0 Å². The van der Waals surface area contributed by atoms with Gasteiger partial charge in [0.05, 0.1) is 16.1 Å². The quantitative estimate of drug-likeness (QED) is 0.898. The molecule has 5 nitrogen and oxygen atoms in total. The van der Waals surface area contributed by atoms with Gasteiger partial charge in [-0.25, -0.2) is 4.79 Å². The molecule has 0 aromatic heterocycles. The van der Waals surface area contributed by atoms with Gasteiger partial charge in [0.2, 0.25) is 0 Å². The van der Waals surface area contributed by atoms with Crippen molar-refractivity contribution in [2.75, 3.05) is 43.2 Å². The van der Waals surface area contributed by atoms with Crippen molar-refractivity contribution in [3.05, 3.63) is 23.2 Å². The molecular formula is C15H22ClN3O2S. The summed E-state index contributed by atoms with van der Waals surface area (Å²) in [6.45, 7) is 4.82. The van der Waals surface area contributed by atoms with Crippen LogP contribution in [0.4, 0.5) is 16.2 Å². The molecule has 2 amide bonds. The highest BCUT2D eigenvalue weighted by Crippen LogP contribution is 2.28. The van der Waals surface area contributed by atoms with Crippen LogP contribution in [0.3, 0.4) is 0 Å². The molecule has 1 aliphatic heterocycles. The lowest BCUT2D eigenvalue weighted by atomic mass is 10.2. The summed E-state index contributed by atoms with van der Waals surface area (Å²) in [6, 6.07) is 5.21. The summed E-state index contributed by atoms with van der Waals surface area (Å²) in [5.74, 6) is 0.510. The van der Waals surface area contributed by atoms with Crippen LogP contribution in [0.2, 0.25) is 5.02 Å². The lowest BCUT2D eigenvalue weighted by molar-refractivity contribution is 0.207. The Bertz CT molecular complexity index is 604. The zero-order valence-corrected chi connectivity index (χ0v) is 14.9. The molecule has 0 aliphatic carbocycles. The van der Waals surface area contributed by atoms with Gasteiger partial charge in [0.25, 0.3) is 0 Å². The third-order valence-electron chi connectivity index (χ3n) is 3.70. The largest absolute Gasteiger partial charge is 0.376 e. The fourth-order valence-electron chi connectivity index (χ4n) is 2.45. The second-order valence-electron chi connectivity index (χ2n) is 6.22.